The molecule has 86 valence electrons. The maximum Gasteiger partial charge on any atom is 0.212 e. The second-order valence-corrected chi connectivity index (χ2v) is 3.23. The molecular formula is C12H17N3O. The maximum atomic E-state index is 5.01. The first kappa shape index (κ1) is 12.2. The van der Waals surface area contributed by atoms with E-state index in [1.165, 1.54) is 0 Å². The number of rotatable bonds is 3. The fourth-order valence-corrected chi connectivity index (χ4v) is 1.22. The van der Waals surface area contributed by atoms with Crippen LogP contribution in [0.15, 0.2) is 29.4 Å². The van der Waals surface area contributed by atoms with E-state index in [0.29, 0.717) is 5.88 Å². The Morgan fingerprint density at radius 3 is 2.69 bits per heavy atom. The molecule has 1 aromatic rings. The smallest absolute Gasteiger partial charge is 0.212 e. The summed E-state index contributed by atoms with van der Waals surface area (Å²) in [6.07, 6.45) is 3.75. The number of hydrogen-bond acceptors (Lipinski definition) is 3. The van der Waals surface area contributed by atoms with Crippen LogP contribution < -0.4 is 10.1 Å². The van der Waals surface area contributed by atoms with Crippen LogP contribution in [0.5, 0.6) is 5.88 Å². The van der Waals surface area contributed by atoms with E-state index in [0.717, 1.165) is 17.1 Å². The van der Waals surface area contributed by atoms with Gasteiger partial charge in [0.2, 0.25) is 5.88 Å². The van der Waals surface area contributed by atoms with E-state index in [1.54, 1.807) is 20.4 Å². The van der Waals surface area contributed by atoms with Gasteiger partial charge in [-0.05, 0) is 19.9 Å². The minimum Gasteiger partial charge on any atom is -0.481 e. The molecule has 0 unspecified atom stereocenters. The third-order valence-electron chi connectivity index (χ3n) is 2.20. The molecule has 16 heavy (non-hydrogen) atoms. The van der Waals surface area contributed by atoms with Crippen molar-refractivity contribution >= 4 is 11.5 Å². The number of aliphatic imine (C=N–C) groups is 1. The maximum absolute atomic E-state index is 5.01. The molecule has 0 fully saturated rings. The highest BCUT2D eigenvalue weighted by molar-refractivity contribution is 5.88. The van der Waals surface area contributed by atoms with Gasteiger partial charge in [-0.1, -0.05) is 6.08 Å². The number of amidine groups is 1. The number of hydrogen-bond donors (Lipinski definition) is 1. The van der Waals surface area contributed by atoms with Crippen LogP contribution in [0.1, 0.15) is 19.4 Å². The van der Waals surface area contributed by atoms with Crippen molar-refractivity contribution in [3.8, 4) is 5.88 Å². The molecule has 0 saturated carbocycles. The largest absolute Gasteiger partial charge is 0.481 e. The fraction of sp³-hybridized carbons (Fsp3) is 0.333. The Labute approximate surface area is 96.1 Å². The molecule has 0 radical (unpaired) electrons. The van der Waals surface area contributed by atoms with Gasteiger partial charge in [-0.15, -0.1) is 0 Å². The third kappa shape index (κ3) is 3.08. The third-order valence-corrected chi connectivity index (χ3v) is 2.20. The molecule has 0 aliphatic heterocycles. The van der Waals surface area contributed by atoms with Crippen molar-refractivity contribution in [2.45, 2.75) is 13.8 Å². The van der Waals surface area contributed by atoms with E-state index in [4.69, 9.17) is 4.74 Å². The van der Waals surface area contributed by atoms with Gasteiger partial charge >= 0.3 is 0 Å². The molecule has 4 heteroatoms. The monoisotopic (exact) mass is 219 g/mol. The molecule has 1 aromatic heterocycles. The lowest BCUT2D eigenvalue weighted by atomic mass is 10.2. The zero-order valence-electron chi connectivity index (χ0n) is 10.1. The van der Waals surface area contributed by atoms with Crippen molar-refractivity contribution in [1.29, 1.82) is 0 Å². The number of nitrogens with zero attached hydrogens (tertiary/aromatic N) is 2. The zero-order chi connectivity index (χ0) is 12.0. The van der Waals surface area contributed by atoms with E-state index in [2.05, 4.69) is 15.3 Å². The minimum absolute atomic E-state index is 0.611. The van der Waals surface area contributed by atoms with Gasteiger partial charge in [0.05, 0.1) is 12.9 Å². The number of allylic oxidation sites excluding steroid dienone is 1. The summed E-state index contributed by atoms with van der Waals surface area (Å²) in [5.74, 6) is 1.48. The van der Waals surface area contributed by atoms with Gasteiger partial charge in [-0.2, -0.15) is 0 Å². The van der Waals surface area contributed by atoms with Gasteiger partial charge < -0.3 is 10.1 Å². The zero-order valence-corrected chi connectivity index (χ0v) is 10.1. The number of nitrogens with one attached hydrogen (secondary N) is 1. The topological polar surface area (TPSA) is 46.5 Å². The lowest BCUT2D eigenvalue weighted by Gasteiger charge is -2.10. The predicted molar refractivity (Wildman–Crippen MR) is 66.6 cm³/mol. The Bertz CT molecular complexity index is 393. The quantitative estimate of drug-likeness (QED) is 0.625. The van der Waals surface area contributed by atoms with Gasteiger partial charge in [0.1, 0.15) is 0 Å². The molecule has 0 aliphatic carbocycles. The SMILES string of the molecule is C/C=C(\NC(C)=NC)c1ccc(OC)nc1. The van der Waals surface area contributed by atoms with Gasteiger partial charge in [-0.3, -0.25) is 4.99 Å². The Morgan fingerprint density at radius 1 is 1.50 bits per heavy atom. The van der Waals surface area contributed by atoms with Crippen LogP contribution in [0.3, 0.4) is 0 Å². The van der Waals surface area contributed by atoms with Crippen molar-refractivity contribution in [3.05, 3.63) is 30.0 Å². The second kappa shape index (κ2) is 5.90. The van der Waals surface area contributed by atoms with Crippen LogP contribution in [0.2, 0.25) is 0 Å². The molecule has 1 heterocycles. The standard InChI is InChI=1S/C12H17N3O/c1-5-11(15-9(2)13-3)10-6-7-12(16-4)14-8-10/h5-8H,1-4H3,(H,13,15)/b11-5-. The Morgan fingerprint density at radius 2 is 2.25 bits per heavy atom. The molecule has 0 amide bonds. The van der Waals surface area contributed by atoms with Crippen molar-refractivity contribution in [1.82, 2.24) is 10.3 Å². The minimum atomic E-state index is 0.611. The Hall–Kier alpha value is -1.84. The molecular weight excluding hydrogens is 202 g/mol. The highest BCUT2D eigenvalue weighted by atomic mass is 16.5. The van der Waals surface area contributed by atoms with Crippen LogP contribution in [0, 0.1) is 0 Å². The molecule has 0 atom stereocenters. The second-order valence-electron chi connectivity index (χ2n) is 3.23. The van der Waals surface area contributed by atoms with Crippen molar-refractivity contribution < 1.29 is 4.74 Å². The highest BCUT2D eigenvalue weighted by Crippen LogP contribution is 2.13. The molecule has 0 bridgehead atoms. The van der Waals surface area contributed by atoms with Crippen molar-refractivity contribution in [2.75, 3.05) is 14.2 Å². The van der Waals surface area contributed by atoms with Crippen LogP contribution >= 0.6 is 0 Å². The van der Waals surface area contributed by atoms with E-state index >= 15 is 0 Å². The fourth-order valence-electron chi connectivity index (χ4n) is 1.22. The molecule has 0 aromatic carbocycles. The van der Waals surface area contributed by atoms with E-state index in [-0.39, 0.29) is 0 Å². The van der Waals surface area contributed by atoms with E-state index in [1.807, 2.05) is 32.1 Å². The van der Waals surface area contributed by atoms with Crippen LogP contribution in [-0.4, -0.2) is 25.0 Å². The molecule has 0 spiro atoms. The first-order valence-electron chi connectivity index (χ1n) is 5.08. The lowest BCUT2D eigenvalue weighted by molar-refractivity contribution is 0.398. The van der Waals surface area contributed by atoms with Crippen molar-refractivity contribution in [3.63, 3.8) is 0 Å². The number of methoxy groups -OCH3 is 1. The Balaban J connectivity index is 2.88. The van der Waals surface area contributed by atoms with Crippen LogP contribution in [0.25, 0.3) is 5.70 Å². The molecule has 1 rings (SSSR count). The molecule has 0 saturated heterocycles. The van der Waals surface area contributed by atoms with Gasteiger partial charge in [-0.25, -0.2) is 4.98 Å². The first-order chi connectivity index (χ1) is 7.71. The van der Waals surface area contributed by atoms with Crippen LogP contribution in [-0.2, 0) is 0 Å². The van der Waals surface area contributed by atoms with Gasteiger partial charge in [0.25, 0.3) is 0 Å². The summed E-state index contributed by atoms with van der Waals surface area (Å²) in [5.41, 5.74) is 1.99. The highest BCUT2D eigenvalue weighted by Gasteiger charge is 2.02. The number of pyridine rings is 1. The predicted octanol–water partition coefficient (Wildman–Crippen LogP) is 2.09. The summed E-state index contributed by atoms with van der Waals surface area (Å²) in [6.45, 7) is 3.88. The normalized spacial score (nSPS) is 12.5. The number of aromatic nitrogens is 1. The average molecular weight is 219 g/mol. The summed E-state index contributed by atoms with van der Waals surface area (Å²) < 4.78 is 5.01. The summed E-state index contributed by atoms with van der Waals surface area (Å²) >= 11 is 0. The van der Waals surface area contributed by atoms with Crippen molar-refractivity contribution in [2.24, 2.45) is 4.99 Å². The van der Waals surface area contributed by atoms with Gasteiger partial charge in [0, 0.05) is 30.6 Å². The first-order valence-corrected chi connectivity index (χ1v) is 5.08. The Kier molecular flexibility index (Phi) is 4.51. The van der Waals surface area contributed by atoms with E-state index < -0.39 is 0 Å². The van der Waals surface area contributed by atoms with E-state index in [9.17, 15) is 0 Å². The summed E-state index contributed by atoms with van der Waals surface area (Å²) in [6, 6.07) is 3.79. The van der Waals surface area contributed by atoms with Crippen LogP contribution in [0.4, 0.5) is 0 Å². The summed E-state index contributed by atoms with van der Waals surface area (Å²) in [5, 5.41) is 3.20. The summed E-state index contributed by atoms with van der Waals surface area (Å²) in [7, 11) is 3.35. The number of ether oxygens (including phenoxy) is 1. The summed E-state index contributed by atoms with van der Waals surface area (Å²) in [4.78, 5) is 8.21. The molecule has 0 aliphatic rings. The molecule has 1 N–H and O–H groups in total. The van der Waals surface area contributed by atoms with Gasteiger partial charge in [0.15, 0.2) is 0 Å². The average Bonchev–Trinajstić information content (AvgIpc) is 2.35. The molecule has 4 nitrogen and oxygen atoms in total. The lowest BCUT2D eigenvalue weighted by Crippen LogP contribution is -2.18.